The number of carboxylic acids is 1. The Bertz CT molecular complexity index is 837. The van der Waals surface area contributed by atoms with Crippen molar-refractivity contribution in [3.8, 4) is 11.4 Å². The second-order valence-corrected chi connectivity index (χ2v) is 6.29. The molecule has 2 N–H and O–H groups in total. The maximum absolute atomic E-state index is 12.1. The molecule has 3 aliphatic rings. The Morgan fingerprint density at radius 3 is 2.79 bits per heavy atom. The van der Waals surface area contributed by atoms with Gasteiger partial charge in [-0.05, 0) is 50.2 Å². The Balaban J connectivity index is 1.93. The molecule has 0 unspecified atom stereocenters. The molecule has 2 heterocycles. The highest BCUT2D eigenvalue weighted by Gasteiger charge is 2.21. The van der Waals surface area contributed by atoms with Gasteiger partial charge in [0.25, 0.3) is 5.56 Å². The number of unbranched alkanes of at least 4 members (excludes halogenated alkanes) is 2. The molecule has 0 atom stereocenters. The van der Waals surface area contributed by atoms with E-state index in [4.69, 9.17) is 5.11 Å². The van der Waals surface area contributed by atoms with Gasteiger partial charge in [-0.2, -0.15) is 4.98 Å². The highest BCUT2D eigenvalue weighted by atomic mass is 16.4. The van der Waals surface area contributed by atoms with E-state index in [2.05, 4.69) is 9.97 Å². The zero-order valence-electron chi connectivity index (χ0n) is 13.5. The zero-order chi connectivity index (χ0) is 17.1. The maximum atomic E-state index is 12.1. The van der Waals surface area contributed by atoms with E-state index in [9.17, 15) is 14.4 Å². The van der Waals surface area contributed by atoms with E-state index in [1.165, 1.54) is 0 Å². The van der Waals surface area contributed by atoms with Crippen LogP contribution in [-0.2, 0) is 24.2 Å². The predicted molar refractivity (Wildman–Crippen MR) is 88.5 cm³/mol. The standard InChI is InChI=1S/C17H21N3O4/c21-14(22)8-2-1-5-9-20-13-7-4-3-6-11(13)10-12-15(20)18-17(24)19-16(12)23/h10H,1-9H2,(H,21,22)(H,19,23,24). The number of nitrogens with one attached hydrogen (secondary N) is 1. The van der Waals surface area contributed by atoms with E-state index in [0.29, 0.717) is 24.4 Å². The number of nitrogens with zero attached hydrogens (tertiary/aromatic N) is 2. The first-order chi connectivity index (χ1) is 11.6. The fourth-order valence-electron chi connectivity index (χ4n) is 3.43. The van der Waals surface area contributed by atoms with Crippen LogP contribution in [0.2, 0.25) is 0 Å². The number of H-pyrrole nitrogens is 1. The van der Waals surface area contributed by atoms with Gasteiger partial charge in [0.1, 0.15) is 0 Å². The third-order valence-corrected chi connectivity index (χ3v) is 4.57. The fourth-order valence-corrected chi connectivity index (χ4v) is 3.43. The van der Waals surface area contributed by atoms with Crippen LogP contribution in [0.15, 0.2) is 15.7 Å². The molecule has 0 fully saturated rings. The van der Waals surface area contributed by atoms with Crippen LogP contribution in [-0.4, -0.2) is 25.6 Å². The lowest BCUT2D eigenvalue weighted by Crippen LogP contribution is -2.29. The largest absolute Gasteiger partial charge is 0.481 e. The zero-order valence-corrected chi connectivity index (χ0v) is 13.5. The molecule has 0 aromatic heterocycles. The molecular formula is C17H21N3O4. The Hall–Kier alpha value is -2.44. The first-order valence-electron chi connectivity index (χ1n) is 8.43. The van der Waals surface area contributed by atoms with Gasteiger partial charge in [0.15, 0.2) is 5.82 Å². The molecule has 0 bridgehead atoms. The number of aliphatic carboxylic acids is 1. The molecule has 0 radical (unpaired) electrons. The summed E-state index contributed by atoms with van der Waals surface area (Å²) >= 11 is 0. The summed E-state index contributed by atoms with van der Waals surface area (Å²) in [5.74, 6) is -0.336. The van der Waals surface area contributed by atoms with Crippen LogP contribution < -0.4 is 11.2 Å². The minimum absolute atomic E-state index is 0.168. The molecule has 7 heteroatoms. The van der Waals surface area contributed by atoms with Gasteiger partial charge in [-0.25, -0.2) is 4.79 Å². The number of hydrogen-bond acceptors (Lipinski definition) is 4. The van der Waals surface area contributed by atoms with Gasteiger partial charge in [-0.3, -0.25) is 14.6 Å². The molecule has 3 rings (SSSR count). The first kappa shape index (κ1) is 16.4. The van der Waals surface area contributed by atoms with Crippen LogP contribution >= 0.6 is 0 Å². The summed E-state index contributed by atoms with van der Waals surface area (Å²) in [5.41, 5.74) is 1.76. The molecule has 2 aliphatic heterocycles. The third kappa shape index (κ3) is 3.39. The summed E-state index contributed by atoms with van der Waals surface area (Å²) in [7, 11) is 0. The van der Waals surface area contributed by atoms with Crippen molar-refractivity contribution in [3.05, 3.63) is 38.2 Å². The topological polar surface area (TPSA) is 105 Å². The van der Waals surface area contributed by atoms with Gasteiger partial charge >= 0.3 is 11.7 Å². The molecule has 1 aliphatic carbocycles. The van der Waals surface area contributed by atoms with Crippen molar-refractivity contribution in [3.63, 3.8) is 0 Å². The summed E-state index contributed by atoms with van der Waals surface area (Å²) in [6, 6.07) is 1.87. The van der Waals surface area contributed by atoms with Gasteiger partial charge in [0.05, 0.1) is 5.56 Å². The molecule has 0 aromatic rings. The summed E-state index contributed by atoms with van der Waals surface area (Å²) in [6.45, 7) is 0.648. The summed E-state index contributed by atoms with van der Waals surface area (Å²) in [5, 5.41) is 8.70. The van der Waals surface area contributed by atoms with Crippen LogP contribution in [0.3, 0.4) is 0 Å². The minimum Gasteiger partial charge on any atom is -0.481 e. The van der Waals surface area contributed by atoms with E-state index in [-0.39, 0.29) is 6.42 Å². The summed E-state index contributed by atoms with van der Waals surface area (Å²) in [6.07, 6.45) is 6.42. The molecule has 128 valence electrons. The van der Waals surface area contributed by atoms with Gasteiger partial charge in [-0.1, -0.05) is 6.42 Å². The number of rotatable bonds is 6. The number of pyridine rings is 1. The highest BCUT2D eigenvalue weighted by Crippen LogP contribution is 2.28. The number of aromatic nitrogens is 3. The fraction of sp³-hybridized carbons (Fsp3) is 0.529. The van der Waals surface area contributed by atoms with Crippen molar-refractivity contribution in [2.45, 2.75) is 57.9 Å². The third-order valence-electron chi connectivity index (χ3n) is 4.57. The highest BCUT2D eigenvalue weighted by molar-refractivity contribution is 5.66. The average molecular weight is 331 g/mol. The van der Waals surface area contributed by atoms with Crippen molar-refractivity contribution in [1.82, 2.24) is 14.5 Å². The second-order valence-electron chi connectivity index (χ2n) is 6.29. The lowest BCUT2D eigenvalue weighted by atomic mass is 9.93. The van der Waals surface area contributed by atoms with E-state index in [0.717, 1.165) is 49.8 Å². The number of aryl methyl sites for hydroxylation is 1. The van der Waals surface area contributed by atoms with Crippen molar-refractivity contribution in [2.24, 2.45) is 0 Å². The second kappa shape index (κ2) is 6.98. The number of carbonyl (C=O) groups is 1. The molecule has 24 heavy (non-hydrogen) atoms. The number of hydrogen-bond donors (Lipinski definition) is 2. The monoisotopic (exact) mass is 331 g/mol. The Labute approximate surface area is 138 Å². The molecule has 7 nitrogen and oxygen atoms in total. The van der Waals surface area contributed by atoms with Crippen molar-refractivity contribution in [2.75, 3.05) is 0 Å². The molecule has 0 amide bonds. The lowest BCUT2D eigenvalue weighted by Gasteiger charge is -2.25. The molecule has 0 saturated carbocycles. The Morgan fingerprint density at radius 1 is 1.21 bits per heavy atom. The Kier molecular flexibility index (Phi) is 4.78. The number of carboxylic acid groups (broad SMARTS) is 1. The normalized spacial score (nSPS) is 13.8. The van der Waals surface area contributed by atoms with Crippen LogP contribution in [0.25, 0.3) is 11.4 Å². The van der Waals surface area contributed by atoms with Gasteiger partial charge in [-0.15, -0.1) is 0 Å². The predicted octanol–water partition coefficient (Wildman–Crippen LogP) is 1.56. The van der Waals surface area contributed by atoms with Crippen LogP contribution in [0, 0.1) is 0 Å². The van der Waals surface area contributed by atoms with Gasteiger partial charge in [0.2, 0.25) is 0 Å². The Morgan fingerprint density at radius 2 is 2.00 bits per heavy atom. The molecule has 0 saturated heterocycles. The van der Waals surface area contributed by atoms with E-state index in [1.54, 1.807) is 0 Å². The maximum Gasteiger partial charge on any atom is 0.349 e. The van der Waals surface area contributed by atoms with Gasteiger partial charge in [0, 0.05) is 18.7 Å². The number of aromatic amines is 1. The van der Waals surface area contributed by atoms with E-state index in [1.807, 2.05) is 10.6 Å². The first-order valence-corrected chi connectivity index (χ1v) is 8.43. The van der Waals surface area contributed by atoms with E-state index < -0.39 is 17.2 Å². The van der Waals surface area contributed by atoms with Crippen LogP contribution in [0.1, 0.15) is 49.8 Å². The SMILES string of the molecule is O=C(O)CCCCCn1c2nc(=O)[nH]c(=O)c-2cc2c1CCCC2. The van der Waals surface area contributed by atoms with Crippen LogP contribution in [0.4, 0.5) is 0 Å². The van der Waals surface area contributed by atoms with E-state index >= 15 is 0 Å². The van der Waals surface area contributed by atoms with Crippen molar-refractivity contribution < 1.29 is 9.90 Å². The summed E-state index contributed by atoms with van der Waals surface area (Å²) < 4.78 is 2.00. The molecular weight excluding hydrogens is 310 g/mol. The van der Waals surface area contributed by atoms with Gasteiger partial charge < -0.3 is 9.67 Å². The summed E-state index contributed by atoms with van der Waals surface area (Å²) in [4.78, 5) is 40.6. The molecule has 0 aromatic carbocycles. The molecule has 0 spiro atoms. The van der Waals surface area contributed by atoms with Crippen molar-refractivity contribution >= 4 is 5.97 Å². The smallest absolute Gasteiger partial charge is 0.349 e. The van der Waals surface area contributed by atoms with Crippen LogP contribution in [0.5, 0.6) is 0 Å². The van der Waals surface area contributed by atoms with Crippen molar-refractivity contribution in [1.29, 1.82) is 0 Å². The lowest BCUT2D eigenvalue weighted by molar-refractivity contribution is -0.137. The quantitative estimate of drug-likeness (QED) is 0.782. The minimum atomic E-state index is -0.783. The number of fused-ring (bicyclic) bond motifs is 2. The average Bonchev–Trinajstić information content (AvgIpc) is 2.54.